The van der Waals surface area contributed by atoms with Gasteiger partial charge in [0.25, 0.3) is 5.91 Å². The molecule has 1 aliphatic rings. The van der Waals surface area contributed by atoms with Gasteiger partial charge in [-0.2, -0.15) is 0 Å². The minimum Gasteiger partial charge on any atom is -0.497 e. The fourth-order valence-electron chi connectivity index (χ4n) is 4.19. The van der Waals surface area contributed by atoms with Crippen molar-refractivity contribution in [3.05, 3.63) is 71.3 Å². The summed E-state index contributed by atoms with van der Waals surface area (Å²) in [5.41, 5.74) is 2.93. The van der Waals surface area contributed by atoms with E-state index in [-0.39, 0.29) is 11.4 Å². The van der Waals surface area contributed by atoms with Crippen molar-refractivity contribution < 1.29 is 19.1 Å². The van der Waals surface area contributed by atoms with Gasteiger partial charge in [-0.1, -0.05) is 42.5 Å². The summed E-state index contributed by atoms with van der Waals surface area (Å²) in [6.45, 7) is 10.6. The monoisotopic (exact) mass is 464 g/mol. The van der Waals surface area contributed by atoms with E-state index in [0.717, 1.165) is 28.0 Å². The Morgan fingerprint density at radius 2 is 1.71 bits per heavy atom. The third kappa shape index (κ3) is 6.40. The van der Waals surface area contributed by atoms with Gasteiger partial charge < -0.3 is 19.7 Å². The second kappa shape index (κ2) is 10.3. The van der Waals surface area contributed by atoms with Crippen LogP contribution in [0, 0.1) is 0 Å². The van der Waals surface area contributed by atoms with Gasteiger partial charge in [0.15, 0.2) is 0 Å². The Bertz CT molecular complexity index is 1030. The lowest BCUT2D eigenvalue weighted by molar-refractivity contribution is -0.128. The van der Waals surface area contributed by atoms with E-state index < -0.39 is 11.7 Å². The van der Waals surface area contributed by atoms with Gasteiger partial charge in [0.05, 0.1) is 7.11 Å². The Morgan fingerprint density at radius 1 is 1.06 bits per heavy atom. The summed E-state index contributed by atoms with van der Waals surface area (Å²) in [5, 5.41) is 2.83. The molecule has 34 heavy (non-hydrogen) atoms. The van der Waals surface area contributed by atoms with Crippen molar-refractivity contribution in [3.8, 4) is 5.75 Å². The van der Waals surface area contributed by atoms with Crippen molar-refractivity contribution in [1.82, 2.24) is 10.2 Å². The van der Waals surface area contributed by atoms with Gasteiger partial charge in [-0.15, -0.1) is 0 Å². The van der Waals surface area contributed by atoms with E-state index in [2.05, 4.69) is 19.2 Å². The van der Waals surface area contributed by atoms with Crippen molar-refractivity contribution in [3.63, 3.8) is 0 Å². The first-order valence-corrected chi connectivity index (χ1v) is 11.7. The molecule has 182 valence electrons. The van der Waals surface area contributed by atoms with E-state index in [0.29, 0.717) is 25.9 Å². The summed E-state index contributed by atoms with van der Waals surface area (Å²) in [6.07, 6.45) is 0.722. The molecule has 1 heterocycles. The first-order chi connectivity index (χ1) is 16.0. The number of hydrogen-bond acceptors (Lipinski definition) is 4. The van der Waals surface area contributed by atoms with Crippen molar-refractivity contribution >= 4 is 17.6 Å². The summed E-state index contributed by atoms with van der Waals surface area (Å²) < 4.78 is 10.6. The quantitative estimate of drug-likeness (QED) is 0.544. The molecule has 0 radical (unpaired) electrons. The van der Waals surface area contributed by atoms with Gasteiger partial charge in [-0.05, 0) is 69.9 Å². The topological polar surface area (TPSA) is 67.9 Å². The van der Waals surface area contributed by atoms with Gasteiger partial charge in [-0.3, -0.25) is 4.79 Å². The standard InChI is InChI=1S/C28H36N2O4/c1-27(2,3)34-26(32)29-17-16-23(21-10-8-7-9-11-21)24-18-28(4,5)30(25(24)31)19-20-12-14-22(33-6)15-13-20/h7-15H,16-19H2,1-6H3,(H,29,32). The normalized spacial score (nSPS) is 16.9. The third-order valence-corrected chi connectivity index (χ3v) is 5.87. The molecule has 0 atom stereocenters. The average molecular weight is 465 g/mol. The van der Waals surface area contributed by atoms with Crippen LogP contribution in [0.15, 0.2) is 60.2 Å². The largest absolute Gasteiger partial charge is 0.497 e. The first-order valence-electron chi connectivity index (χ1n) is 11.7. The number of likely N-dealkylation sites (tertiary alicyclic amines) is 1. The molecule has 6 heteroatoms. The van der Waals surface area contributed by atoms with Crippen LogP contribution < -0.4 is 10.1 Å². The highest BCUT2D eigenvalue weighted by atomic mass is 16.6. The number of methoxy groups -OCH3 is 1. The second-order valence-electron chi connectivity index (χ2n) is 10.2. The lowest BCUT2D eigenvalue weighted by atomic mass is 9.92. The molecule has 3 rings (SSSR count). The molecule has 2 aromatic rings. The van der Waals surface area contributed by atoms with Crippen LogP contribution in [0.25, 0.3) is 5.57 Å². The molecule has 0 aliphatic carbocycles. The molecule has 2 amide bonds. The third-order valence-electron chi connectivity index (χ3n) is 5.87. The molecule has 0 spiro atoms. The van der Waals surface area contributed by atoms with E-state index in [9.17, 15) is 9.59 Å². The van der Waals surface area contributed by atoms with Crippen LogP contribution in [-0.4, -0.2) is 41.7 Å². The molecule has 0 bridgehead atoms. The number of alkyl carbamates (subject to hydrolysis) is 1. The van der Waals surface area contributed by atoms with Crippen LogP contribution in [0.5, 0.6) is 5.75 Å². The van der Waals surface area contributed by atoms with E-state index in [4.69, 9.17) is 9.47 Å². The predicted octanol–water partition coefficient (Wildman–Crippen LogP) is 5.57. The van der Waals surface area contributed by atoms with Crippen LogP contribution in [0.2, 0.25) is 0 Å². The Balaban J connectivity index is 1.85. The van der Waals surface area contributed by atoms with E-state index in [1.165, 1.54) is 0 Å². The Kier molecular flexibility index (Phi) is 7.70. The number of amides is 2. The first kappa shape index (κ1) is 25.3. The molecule has 1 aliphatic heterocycles. The highest BCUT2D eigenvalue weighted by Gasteiger charge is 2.42. The molecule has 1 saturated heterocycles. The van der Waals surface area contributed by atoms with Crippen LogP contribution in [0.4, 0.5) is 4.79 Å². The van der Waals surface area contributed by atoms with Gasteiger partial charge >= 0.3 is 6.09 Å². The number of rotatable bonds is 7. The highest BCUT2D eigenvalue weighted by Crippen LogP contribution is 2.39. The smallest absolute Gasteiger partial charge is 0.407 e. The minimum atomic E-state index is -0.557. The van der Waals surface area contributed by atoms with Crippen molar-refractivity contribution in [2.45, 2.75) is 65.1 Å². The molecular formula is C28H36N2O4. The molecule has 1 fully saturated rings. The van der Waals surface area contributed by atoms with Crippen LogP contribution in [-0.2, 0) is 16.1 Å². The van der Waals surface area contributed by atoms with Crippen molar-refractivity contribution in [2.24, 2.45) is 0 Å². The maximum atomic E-state index is 13.7. The lowest BCUT2D eigenvalue weighted by Crippen LogP contribution is -2.40. The maximum Gasteiger partial charge on any atom is 0.407 e. The second-order valence-corrected chi connectivity index (χ2v) is 10.2. The molecular weight excluding hydrogens is 428 g/mol. The fourth-order valence-corrected chi connectivity index (χ4v) is 4.19. The van der Waals surface area contributed by atoms with E-state index in [1.54, 1.807) is 7.11 Å². The lowest BCUT2D eigenvalue weighted by Gasteiger charge is -2.31. The number of hydrogen-bond donors (Lipinski definition) is 1. The van der Waals surface area contributed by atoms with Gasteiger partial charge in [0, 0.05) is 30.6 Å². The van der Waals surface area contributed by atoms with Crippen LogP contribution in [0.1, 0.15) is 58.6 Å². The van der Waals surface area contributed by atoms with Crippen LogP contribution >= 0.6 is 0 Å². The number of nitrogens with one attached hydrogen (secondary N) is 1. The summed E-state index contributed by atoms with van der Waals surface area (Å²) in [5.74, 6) is 0.831. The Labute approximate surface area is 202 Å². The Morgan fingerprint density at radius 3 is 2.29 bits per heavy atom. The van der Waals surface area contributed by atoms with Crippen LogP contribution in [0.3, 0.4) is 0 Å². The van der Waals surface area contributed by atoms with Gasteiger partial charge in [0.2, 0.25) is 0 Å². The highest BCUT2D eigenvalue weighted by molar-refractivity contribution is 6.04. The molecule has 0 unspecified atom stereocenters. The predicted molar refractivity (Wildman–Crippen MR) is 134 cm³/mol. The van der Waals surface area contributed by atoms with Gasteiger partial charge in [-0.25, -0.2) is 4.79 Å². The minimum absolute atomic E-state index is 0.0388. The number of nitrogens with zero attached hydrogens (tertiary/aromatic N) is 1. The van der Waals surface area contributed by atoms with Crippen molar-refractivity contribution in [1.29, 1.82) is 0 Å². The number of carbonyl (C=O) groups is 2. The van der Waals surface area contributed by atoms with Crippen molar-refractivity contribution in [2.75, 3.05) is 13.7 Å². The SMILES string of the molecule is COc1ccc(CN2C(=O)C(=C(CCNC(=O)OC(C)(C)C)c3ccccc3)CC2(C)C)cc1. The zero-order chi connectivity index (χ0) is 24.9. The summed E-state index contributed by atoms with van der Waals surface area (Å²) in [6, 6.07) is 17.7. The summed E-state index contributed by atoms with van der Waals surface area (Å²) in [7, 11) is 1.64. The molecule has 0 saturated carbocycles. The number of carbonyl (C=O) groups excluding carboxylic acids is 2. The number of benzene rings is 2. The molecule has 1 N–H and O–H groups in total. The van der Waals surface area contributed by atoms with E-state index in [1.807, 2.05) is 80.3 Å². The molecule has 2 aromatic carbocycles. The van der Waals surface area contributed by atoms with E-state index >= 15 is 0 Å². The fraction of sp³-hybridized carbons (Fsp3) is 0.429. The number of ether oxygens (including phenoxy) is 2. The summed E-state index contributed by atoms with van der Waals surface area (Å²) in [4.78, 5) is 27.8. The summed E-state index contributed by atoms with van der Waals surface area (Å²) >= 11 is 0. The zero-order valence-electron chi connectivity index (χ0n) is 21.1. The maximum absolute atomic E-state index is 13.7. The average Bonchev–Trinajstić information content (AvgIpc) is 3.00. The Hall–Kier alpha value is -3.28. The van der Waals surface area contributed by atoms with Gasteiger partial charge in [0.1, 0.15) is 11.4 Å². The zero-order valence-corrected chi connectivity index (χ0v) is 21.1. The molecule has 6 nitrogen and oxygen atoms in total. The molecule has 0 aromatic heterocycles.